The minimum Gasteiger partial charge on any atom is -0.481 e. The Kier molecular flexibility index (Phi) is 5.19. The number of aliphatic carboxylic acids is 1. The van der Waals surface area contributed by atoms with Gasteiger partial charge in [0.1, 0.15) is 5.82 Å². The fourth-order valence-corrected chi connectivity index (χ4v) is 3.23. The van der Waals surface area contributed by atoms with Gasteiger partial charge in [-0.3, -0.25) is 9.36 Å². The Labute approximate surface area is 150 Å². The maximum absolute atomic E-state index is 10.9. The molecule has 6 heteroatoms. The minimum absolute atomic E-state index is 0.0473. The van der Waals surface area contributed by atoms with Gasteiger partial charge in [0.05, 0.1) is 5.75 Å². The quantitative estimate of drug-likeness (QED) is 0.685. The van der Waals surface area contributed by atoms with Crippen molar-refractivity contribution < 1.29 is 9.90 Å². The Morgan fingerprint density at radius 1 is 1.08 bits per heavy atom. The first kappa shape index (κ1) is 17.2. The third-order valence-corrected chi connectivity index (χ3v) is 4.89. The molecule has 0 amide bonds. The van der Waals surface area contributed by atoms with E-state index in [9.17, 15) is 4.79 Å². The zero-order valence-electron chi connectivity index (χ0n) is 14.1. The number of hydrogen-bond acceptors (Lipinski definition) is 4. The van der Waals surface area contributed by atoms with Crippen LogP contribution >= 0.6 is 11.8 Å². The van der Waals surface area contributed by atoms with Crippen molar-refractivity contribution in [1.29, 1.82) is 0 Å². The fourth-order valence-electron chi connectivity index (χ4n) is 2.54. The summed E-state index contributed by atoms with van der Waals surface area (Å²) in [5.41, 5.74) is 4.47. The third-order valence-electron chi connectivity index (χ3n) is 3.98. The summed E-state index contributed by atoms with van der Waals surface area (Å²) in [5, 5.41) is 18.1. The summed E-state index contributed by atoms with van der Waals surface area (Å²) < 4.78 is 1.95. The Morgan fingerprint density at radius 2 is 1.84 bits per heavy atom. The number of carboxylic acid groups (broad SMARTS) is 1. The van der Waals surface area contributed by atoms with E-state index in [1.54, 1.807) is 0 Å². The molecule has 128 valence electrons. The van der Waals surface area contributed by atoms with E-state index in [-0.39, 0.29) is 5.75 Å². The summed E-state index contributed by atoms with van der Waals surface area (Å²) in [7, 11) is 0. The molecule has 0 fully saturated rings. The van der Waals surface area contributed by atoms with Crippen molar-refractivity contribution >= 4 is 17.7 Å². The standard InChI is InChI=1S/C19H19N3O2S/c1-13-8-9-16(10-14(13)2)22-17(11-15-6-4-3-5-7-15)20-21-19(22)25-12-18(23)24/h3-10H,11-12H2,1-2H3,(H,23,24). The second kappa shape index (κ2) is 7.53. The van der Waals surface area contributed by atoms with E-state index in [4.69, 9.17) is 5.11 Å². The van der Waals surface area contributed by atoms with E-state index in [0.29, 0.717) is 11.6 Å². The summed E-state index contributed by atoms with van der Waals surface area (Å²) in [4.78, 5) is 10.9. The van der Waals surface area contributed by atoms with Gasteiger partial charge in [0.2, 0.25) is 0 Å². The molecule has 0 bridgehead atoms. The van der Waals surface area contributed by atoms with Crippen molar-refractivity contribution in [2.45, 2.75) is 25.4 Å². The van der Waals surface area contributed by atoms with E-state index in [1.165, 1.54) is 22.9 Å². The summed E-state index contributed by atoms with van der Waals surface area (Å²) in [6, 6.07) is 16.2. The number of aromatic nitrogens is 3. The first-order valence-electron chi connectivity index (χ1n) is 7.95. The summed E-state index contributed by atoms with van der Waals surface area (Å²) in [5.74, 6) is -0.125. The van der Waals surface area contributed by atoms with Crippen LogP contribution < -0.4 is 0 Å². The van der Waals surface area contributed by atoms with E-state index in [2.05, 4.69) is 36.2 Å². The van der Waals surface area contributed by atoms with E-state index in [1.807, 2.05) is 41.0 Å². The maximum atomic E-state index is 10.9. The van der Waals surface area contributed by atoms with Crippen molar-refractivity contribution in [2.24, 2.45) is 0 Å². The highest BCUT2D eigenvalue weighted by Crippen LogP contribution is 2.25. The third kappa shape index (κ3) is 4.09. The normalized spacial score (nSPS) is 10.8. The van der Waals surface area contributed by atoms with Crippen LogP contribution in [0.15, 0.2) is 53.7 Å². The zero-order chi connectivity index (χ0) is 17.8. The topological polar surface area (TPSA) is 68.0 Å². The molecule has 25 heavy (non-hydrogen) atoms. The first-order chi connectivity index (χ1) is 12.0. The number of hydrogen-bond donors (Lipinski definition) is 1. The number of thioether (sulfide) groups is 1. The van der Waals surface area contributed by atoms with Gasteiger partial charge in [-0.2, -0.15) is 0 Å². The molecule has 3 aromatic rings. The lowest BCUT2D eigenvalue weighted by Crippen LogP contribution is -2.06. The smallest absolute Gasteiger partial charge is 0.313 e. The molecule has 0 aliphatic rings. The highest BCUT2D eigenvalue weighted by Gasteiger charge is 2.16. The van der Waals surface area contributed by atoms with E-state index >= 15 is 0 Å². The van der Waals surface area contributed by atoms with Gasteiger partial charge in [-0.05, 0) is 42.7 Å². The molecule has 1 aromatic heterocycles. The molecule has 0 radical (unpaired) electrons. The van der Waals surface area contributed by atoms with Gasteiger partial charge in [0.15, 0.2) is 5.16 Å². The average Bonchev–Trinajstić information content (AvgIpc) is 2.99. The molecule has 0 saturated heterocycles. The van der Waals surface area contributed by atoms with Crippen LogP contribution in [0.1, 0.15) is 22.5 Å². The number of aryl methyl sites for hydroxylation is 2. The molecule has 0 spiro atoms. The van der Waals surface area contributed by atoms with Crippen LogP contribution in [-0.2, 0) is 11.2 Å². The average molecular weight is 353 g/mol. The Hall–Kier alpha value is -2.60. The van der Waals surface area contributed by atoms with Gasteiger partial charge >= 0.3 is 5.97 Å². The number of carboxylic acids is 1. The van der Waals surface area contributed by atoms with Crippen molar-refractivity contribution in [1.82, 2.24) is 14.8 Å². The van der Waals surface area contributed by atoms with Crippen LogP contribution in [0.3, 0.4) is 0 Å². The van der Waals surface area contributed by atoms with Gasteiger partial charge in [-0.15, -0.1) is 10.2 Å². The van der Waals surface area contributed by atoms with Crippen molar-refractivity contribution in [3.63, 3.8) is 0 Å². The lowest BCUT2D eigenvalue weighted by molar-refractivity contribution is -0.133. The molecule has 1 N–H and O–H groups in total. The Morgan fingerprint density at radius 3 is 2.52 bits per heavy atom. The molecule has 3 rings (SSSR count). The molecule has 2 aromatic carbocycles. The van der Waals surface area contributed by atoms with Crippen LogP contribution in [-0.4, -0.2) is 31.6 Å². The number of nitrogens with zero attached hydrogens (tertiary/aromatic N) is 3. The van der Waals surface area contributed by atoms with Crippen LogP contribution in [0.2, 0.25) is 0 Å². The van der Waals surface area contributed by atoms with Crippen molar-refractivity contribution in [3.05, 3.63) is 71.0 Å². The minimum atomic E-state index is -0.871. The number of carbonyl (C=O) groups is 1. The highest BCUT2D eigenvalue weighted by atomic mass is 32.2. The lowest BCUT2D eigenvalue weighted by Gasteiger charge is -2.12. The molecule has 0 aliphatic heterocycles. The monoisotopic (exact) mass is 353 g/mol. The number of rotatable bonds is 6. The van der Waals surface area contributed by atoms with Crippen LogP contribution in [0.4, 0.5) is 0 Å². The summed E-state index contributed by atoms with van der Waals surface area (Å²) in [6.07, 6.45) is 0.633. The van der Waals surface area contributed by atoms with Gasteiger partial charge in [-0.25, -0.2) is 0 Å². The zero-order valence-corrected chi connectivity index (χ0v) is 15.0. The largest absolute Gasteiger partial charge is 0.481 e. The first-order valence-corrected chi connectivity index (χ1v) is 8.93. The van der Waals surface area contributed by atoms with Gasteiger partial charge < -0.3 is 5.11 Å². The molecule has 1 heterocycles. The maximum Gasteiger partial charge on any atom is 0.313 e. The second-order valence-electron chi connectivity index (χ2n) is 5.85. The van der Waals surface area contributed by atoms with Gasteiger partial charge in [-0.1, -0.05) is 48.2 Å². The Balaban J connectivity index is 2.02. The molecule has 0 saturated carbocycles. The van der Waals surface area contributed by atoms with Crippen LogP contribution in [0, 0.1) is 13.8 Å². The lowest BCUT2D eigenvalue weighted by atomic mass is 10.1. The van der Waals surface area contributed by atoms with Crippen molar-refractivity contribution in [2.75, 3.05) is 5.75 Å². The second-order valence-corrected chi connectivity index (χ2v) is 6.79. The van der Waals surface area contributed by atoms with E-state index < -0.39 is 5.97 Å². The van der Waals surface area contributed by atoms with Gasteiger partial charge in [0, 0.05) is 12.1 Å². The number of benzene rings is 2. The highest BCUT2D eigenvalue weighted by molar-refractivity contribution is 7.99. The fraction of sp³-hybridized carbons (Fsp3) is 0.211. The van der Waals surface area contributed by atoms with Crippen LogP contribution in [0.25, 0.3) is 5.69 Å². The Bertz CT molecular complexity index is 891. The molecule has 0 atom stereocenters. The molecule has 5 nitrogen and oxygen atoms in total. The van der Waals surface area contributed by atoms with Crippen molar-refractivity contribution in [3.8, 4) is 5.69 Å². The van der Waals surface area contributed by atoms with Gasteiger partial charge in [0.25, 0.3) is 0 Å². The molecular weight excluding hydrogens is 334 g/mol. The predicted molar refractivity (Wildman–Crippen MR) is 98.4 cm³/mol. The molecule has 0 aliphatic carbocycles. The summed E-state index contributed by atoms with van der Waals surface area (Å²) in [6.45, 7) is 4.13. The predicted octanol–water partition coefficient (Wildman–Crippen LogP) is 3.65. The molecule has 0 unspecified atom stereocenters. The summed E-state index contributed by atoms with van der Waals surface area (Å²) >= 11 is 1.18. The SMILES string of the molecule is Cc1ccc(-n2c(Cc3ccccc3)nnc2SCC(=O)O)cc1C. The van der Waals surface area contributed by atoms with Crippen LogP contribution in [0.5, 0.6) is 0 Å². The van der Waals surface area contributed by atoms with E-state index in [0.717, 1.165) is 17.1 Å². The molecular formula is C19H19N3O2S.